The van der Waals surface area contributed by atoms with Gasteiger partial charge in [0.1, 0.15) is 5.75 Å². The van der Waals surface area contributed by atoms with Crippen LogP contribution in [0.2, 0.25) is 0 Å². The maximum atomic E-state index is 5.56. The number of hydrogen-bond acceptors (Lipinski definition) is 1. The number of rotatable bonds is 1. The van der Waals surface area contributed by atoms with E-state index in [9.17, 15) is 0 Å². The maximum Gasteiger partial charge on any atom is 0.122 e. The fourth-order valence-corrected chi connectivity index (χ4v) is 1.50. The first-order valence-corrected chi connectivity index (χ1v) is 4.23. The van der Waals surface area contributed by atoms with Gasteiger partial charge in [0.25, 0.3) is 0 Å². The van der Waals surface area contributed by atoms with Crippen LogP contribution in [0, 0.1) is 5.92 Å². The molecule has 1 aromatic carbocycles. The van der Waals surface area contributed by atoms with E-state index in [2.05, 4.69) is 12.6 Å². The van der Waals surface area contributed by atoms with Gasteiger partial charge in [-0.15, -0.1) is 6.58 Å². The molecule has 1 nitrogen and oxygen atoms in total. The molecule has 12 heavy (non-hydrogen) atoms. The second-order valence-corrected chi connectivity index (χ2v) is 3.12. The van der Waals surface area contributed by atoms with Gasteiger partial charge < -0.3 is 4.74 Å². The highest BCUT2D eigenvalue weighted by Gasteiger charge is 2.15. The van der Waals surface area contributed by atoms with E-state index in [1.54, 1.807) is 0 Å². The number of ether oxygens (including phenoxy) is 1. The first-order chi connectivity index (χ1) is 5.90. The van der Waals surface area contributed by atoms with E-state index in [0.717, 1.165) is 18.8 Å². The van der Waals surface area contributed by atoms with Gasteiger partial charge >= 0.3 is 0 Å². The summed E-state index contributed by atoms with van der Waals surface area (Å²) in [6.07, 6.45) is 3.04. The second-order valence-electron chi connectivity index (χ2n) is 3.12. The Morgan fingerprint density at radius 2 is 2.25 bits per heavy atom. The summed E-state index contributed by atoms with van der Waals surface area (Å²) in [7, 11) is 0. The fourth-order valence-electron chi connectivity index (χ4n) is 1.50. The lowest BCUT2D eigenvalue weighted by Gasteiger charge is -2.22. The van der Waals surface area contributed by atoms with Crippen LogP contribution in [0.15, 0.2) is 36.9 Å². The number of hydrogen-bond donors (Lipinski definition) is 0. The largest absolute Gasteiger partial charge is 0.493 e. The molecule has 0 aliphatic carbocycles. The summed E-state index contributed by atoms with van der Waals surface area (Å²) < 4.78 is 5.56. The van der Waals surface area contributed by atoms with E-state index in [-0.39, 0.29) is 0 Å². The average Bonchev–Trinajstić information content (AvgIpc) is 2.17. The van der Waals surface area contributed by atoms with Crippen molar-refractivity contribution in [1.29, 1.82) is 0 Å². The van der Waals surface area contributed by atoms with E-state index in [4.69, 9.17) is 4.74 Å². The SMILES string of the molecule is C=C[C@@H]1COc2ccccc2C1. The molecule has 1 aliphatic rings. The molecule has 2 rings (SSSR count). The topological polar surface area (TPSA) is 9.23 Å². The van der Waals surface area contributed by atoms with Gasteiger partial charge in [0.2, 0.25) is 0 Å². The molecule has 0 amide bonds. The molecule has 0 saturated carbocycles. The lowest BCUT2D eigenvalue weighted by molar-refractivity contribution is 0.250. The molecule has 0 radical (unpaired) electrons. The van der Waals surface area contributed by atoms with Crippen molar-refractivity contribution in [2.24, 2.45) is 5.92 Å². The van der Waals surface area contributed by atoms with Gasteiger partial charge in [-0.25, -0.2) is 0 Å². The van der Waals surface area contributed by atoms with Crippen LogP contribution in [0.5, 0.6) is 5.75 Å². The van der Waals surface area contributed by atoms with E-state index in [0.29, 0.717) is 5.92 Å². The Hall–Kier alpha value is -1.24. The highest BCUT2D eigenvalue weighted by atomic mass is 16.5. The molecule has 0 fully saturated rings. The Morgan fingerprint density at radius 1 is 1.42 bits per heavy atom. The third-order valence-corrected chi connectivity index (χ3v) is 2.24. The molecule has 0 bridgehead atoms. The van der Waals surface area contributed by atoms with Crippen LogP contribution in [0.1, 0.15) is 5.56 Å². The van der Waals surface area contributed by atoms with Crippen LogP contribution >= 0.6 is 0 Å². The standard InChI is InChI=1S/C11H12O/c1-2-9-7-10-5-3-4-6-11(10)12-8-9/h2-6,9H,1,7-8H2/t9-/m0/s1. The Kier molecular flexibility index (Phi) is 1.86. The molecular formula is C11H12O. The van der Waals surface area contributed by atoms with Gasteiger partial charge in [-0.05, 0) is 18.1 Å². The molecule has 1 atom stereocenters. The van der Waals surface area contributed by atoms with Crippen LogP contribution < -0.4 is 4.74 Å². The molecule has 1 aliphatic heterocycles. The maximum absolute atomic E-state index is 5.56. The van der Waals surface area contributed by atoms with Gasteiger partial charge in [-0.1, -0.05) is 24.3 Å². The minimum atomic E-state index is 0.486. The van der Waals surface area contributed by atoms with E-state index >= 15 is 0 Å². The van der Waals surface area contributed by atoms with Crippen molar-refractivity contribution in [3.63, 3.8) is 0 Å². The van der Waals surface area contributed by atoms with E-state index in [1.165, 1.54) is 5.56 Å². The van der Waals surface area contributed by atoms with Crippen molar-refractivity contribution in [3.8, 4) is 5.75 Å². The van der Waals surface area contributed by atoms with E-state index in [1.807, 2.05) is 24.3 Å². The molecule has 0 aromatic heterocycles. The van der Waals surface area contributed by atoms with Crippen LogP contribution in [0.25, 0.3) is 0 Å². The van der Waals surface area contributed by atoms with Crippen LogP contribution in [-0.2, 0) is 6.42 Å². The van der Waals surface area contributed by atoms with Crippen LogP contribution in [-0.4, -0.2) is 6.61 Å². The predicted molar refractivity (Wildman–Crippen MR) is 49.3 cm³/mol. The smallest absolute Gasteiger partial charge is 0.122 e. The zero-order chi connectivity index (χ0) is 8.39. The molecule has 62 valence electrons. The molecule has 1 aromatic rings. The Labute approximate surface area is 72.7 Å². The van der Waals surface area contributed by atoms with Crippen molar-refractivity contribution in [2.45, 2.75) is 6.42 Å². The summed E-state index contributed by atoms with van der Waals surface area (Å²) in [5.74, 6) is 1.52. The summed E-state index contributed by atoms with van der Waals surface area (Å²) in [6, 6.07) is 8.19. The quantitative estimate of drug-likeness (QED) is 0.573. The summed E-state index contributed by atoms with van der Waals surface area (Å²) >= 11 is 0. The van der Waals surface area contributed by atoms with E-state index < -0.39 is 0 Å². The molecule has 1 heterocycles. The van der Waals surface area contributed by atoms with Crippen LogP contribution in [0.4, 0.5) is 0 Å². The van der Waals surface area contributed by atoms with Gasteiger partial charge in [-0.2, -0.15) is 0 Å². The second kappa shape index (κ2) is 3.02. The fraction of sp³-hybridized carbons (Fsp3) is 0.273. The van der Waals surface area contributed by atoms with Gasteiger partial charge in [-0.3, -0.25) is 0 Å². The summed E-state index contributed by atoms with van der Waals surface area (Å²) in [5.41, 5.74) is 1.30. The van der Waals surface area contributed by atoms with Gasteiger partial charge in [0.15, 0.2) is 0 Å². The number of para-hydroxylation sites is 1. The first kappa shape index (κ1) is 7.41. The third-order valence-electron chi connectivity index (χ3n) is 2.24. The van der Waals surface area contributed by atoms with Crippen molar-refractivity contribution in [3.05, 3.63) is 42.5 Å². The van der Waals surface area contributed by atoms with Crippen LogP contribution in [0.3, 0.4) is 0 Å². The zero-order valence-corrected chi connectivity index (χ0v) is 6.99. The number of benzene rings is 1. The zero-order valence-electron chi connectivity index (χ0n) is 6.99. The lowest BCUT2D eigenvalue weighted by Crippen LogP contribution is -2.18. The Morgan fingerprint density at radius 3 is 3.08 bits per heavy atom. The normalized spacial score (nSPS) is 20.8. The van der Waals surface area contributed by atoms with Gasteiger partial charge in [0, 0.05) is 5.92 Å². The number of fused-ring (bicyclic) bond motifs is 1. The molecule has 0 spiro atoms. The lowest BCUT2D eigenvalue weighted by atomic mass is 9.97. The first-order valence-electron chi connectivity index (χ1n) is 4.23. The van der Waals surface area contributed by atoms with Crippen molar-refractivity contribution >= 4 is 0 Å². The monoisotopic (exact) mass is 160 g/mol. The molecule has 0 unspecified atom stereocenters. The molecule has 0 N–H and O–H groups in total. The highest BCUT2D eigenvalue weighted by molar-refractivity contribution is 5.35. The highest BCUT2D eigenvalue weighted by Crippen LogP contribution is 2.26. The van der Waals surface area contributed by atoms with Crippen molar-refractivity contribution in [2.75, 3.05) is 6.61 Å². The minimum absolute atomic E-state index is 0.486. The molecule has 0 saturated heterocycles. The summed E-state index contributed by atoms with van der Waals surface area (Å²) in [5, 5.41) is 0. The Balaban J connectivity index is 2.28. The third kappa shape index (κ3) is 1.22. The molecule has 1 heteroatoms. The molecular weight excluding hydrogens is 148 g/mol. The van der Waals surface area contributed by atoms with Gasteiger partial charge in [0.05, 0.1) is 6.61 Å². The van der Waals surface area contributed by atoms with Crippen molar-refractivity contribution < 1.29 is 4.74 Å². The average molecular weight is 160 g/mol. The summed E-state index contributed by atoms with van der Waals surface area (Å²) in [6.45, 7) is 4.56. The van der Waals surface area contributed by atoms with Crippen molar-refractivity contribution in [1.82, 2.24) is 0 Å². The Bertz CT molecular complexity index is 291. The summed E-state index contributed by atoms with van der Waals surface area (Å²) in [4.78, 5) is 0. The minimum Gasteiger partial charge on any atom is -0.493 e. The predicted octanol–water partition coefficient (Wildman–Crippen LogP) is 2.42.